The van der Waals surface area contributed by atoms with Crippen molar-refractivity contribution in [1.29, 1.82) is 0 Å². The summed E-state index contributed by atoms with van der Waals surface area (Å²) in [5.74, 6) is -0.114. The summed E-state index contributed by atoms with van der Waals surface area (Å²) in [4.78, 5) is 37.6. The first-order chi connectivity index (χ1) is 15.3. The topological polar surface area (TPSA) is 93.1 Å². The molecule has 0 saturated carbocycles. The van der Waals surface area contributed by atoms with Crippen molar-refractivity contribution in [3.05, 3.63) is 58.5 Å². The van der Waals surface area contributed by atoms with Crippen LogP contribution in [-0.2, 0) is 9.59 Å². The number of benzene rings is 2. The van der Waals surface area contributed by atoms with Crippen LogP contribution in [0.4, 0.5) is 10.5 Å². The summed E-state index contributed by atoms with van der Waals surface area (Å²) in [6, 6.07) is 12.5. The summed E-state index contributed by atoms with van der Waals surface area (Å²) in [7, 11) is 1.47. The van der Waals surface area contributed by atoms with Gasteiger partial charge in [0.1, 0.15) is 0 Å². The molecule has 1 aliphatic heterocycles. The van der Waals surface area contributed by atoms with Crippen molar-refractivity contribution in [2.24, 2.45) is 0 Å². The quantitative estimate of drug-likeness (QED) is 0.513. The molecule has 1 N–H and O–H groups in total. The minimum absolute atomic E-state index is 0.0136. The molecular formula is C24H25NO6S. The number of thioether (sulfide) groups is 1. The third kappa shape index (κ3) is 5.31. The van der Waals surface area contributed by atoms with E-state index in [1.165, 1.54) is 12.0 Å². The molecule has 8 heteroatoms. The molecule has 0 bridgehead atoms. The maximum absolute atomic E-state index is 12.9. The number of aliphatic carboxylic acids is 1. The molecule has 168 valence electrons. The second-order valence-corrected chi connectivity index (χ2v) is 8.31. The first-order valence-electron chi connectivity index (χ1n) is 10.2. The van der Waals surface area contributed by atoms with E-state index >= 15 is 0 Å². The molecule has 2 amide bonds. The molecule has 7 nitrogen and oxygen atoms in total. The van der Waals surface area contributed by atoms with Gasteiger partial charge < -0.3 is 14.6 Å². The normalized spacial score (nSPS) is 15.8. The molecule has 1 atom stereocenters. The van der Waals surface area contributed by atoms with Crippen LogP contribution >= 0.6 is 11.8 Å². The van der Waals surface area contributed by atoms with Gasteiger partial charge in [0, 0.05) is 0 Å². The van der Waals surface area contributed by atoms with E-state index < -0.39 is 5.97 Å². The number of nitrogens with zero attached hydrogens (tertiary/aromatic N) is 1. The van der Waals surface area contributed by atoms with Crippen molar-refractivity contribution >= 4 is 40.6 Å². The van der Waals surface area contributed by atoms with Gasteiger partial charge in [-0.05, 0) is 65.6 Å². The predicted molar refractivity (Wildman–Crippen MR) is 124 cm³/mol. The highest BCUT2D eigenvalue weighted by Gasteiger charge is 2.36. The number of carboxylic acid groups (broad SMARTS) is 1. The number of ether oxygens (including phenoxy) is 2. The van der Waals surface area contributed by atoms with Crippen LogP contribution in [0.2, 0.25) is 0 Å². The number of hydrogen-bond acceptors (Lipinski definition) is 6. The molecule has 32 heavy (non-hydrogen) atoms. The zero-order valence-electron chi connectivity index (χ0n) is 18.2. The Kier molecular flexibility index (Phi) is 7.58. The molecule has 3 rings (SSSR count). The monoisotopic (exact) mass is 455 g/mol. The molecule has 1 heterocycles. The second-order valence-electron chi connectivity index (χ2n) is 7.32. The van der Waals surface area contributed by atoms with E-state index in [1.807, 2.05) is 12.1 Å². The third-order valence-corrected chi connectivity index (χ3v) is 6.05. The lowest BCUT2D eigenvalue weighted by molar-refractivity contribution is -0.137. The van der Waals surface area contributed by atoms with Crippen LogP contribution in [0.25, 0.3) is 6.08 Å². The maximum atomic E-state index is 12.9. The number of imide groups is 1. The lowest BCUT2D eigenvalue weighted by atomic mass is 9.98. The maximum Gasteiger partial charge on any atom is 0.306 e. The fraction of sp³-hybridized carbons (Fsp3) is 0.292. The van der Waals surface area contributed by atoms with Crippen LogP contribution in [0.1, 0.15) is 43.7 Å². The fourth-order valence-corrected chi connectivity index (χ4v) is 4.01. The highest BCUT2D eigenvalue weighted by molar-refractivity contribution is 8.19. The zero-order chi connectivity index (χ0) is 23.3. The largest absolute Gasteiger partial charge is 0.493 e. The standard InChI is InChI=1S/C24H25NO6S/c1-4-15(2)17-6-8-18(9-7-17)25-23(28)21(32-24(25)29)14-16-5-10-19(20(13-16)30-3)31-12-11-22(26)27/h5-10,13-15H,4,11-12H2,1-3H3,(H,26,27)/b21-14+. The summed E-state index contributed by atoms with van der Waals surface area (Å²) < 4.78 is 10.8. The molecule has 0 radical (unpaired) electrons. The number of carbonyl (C=O) groups is 3. The average molecular weight is 456 g/mol. The summed E-state index contributed by atoms with van der Waals surface area (Å²) in [5.41, 5.74) is 2.37. The van der Waals surface area contributed by atoms with Gasteiger partial charge in [0.25, 0.3) is 11.1 Å². The Hall–Kier alpha value is -3.26. The fourth-order valence-electron chi connectivity index (χ4n) is 3.17. The van der Waals surface area contributed by atoms with Crippen LogP contribution in [0, 0.1) is 0 Å². The number of methoxy groups -OCH3 is 1. The number of carbonyl (C=O) groups excluding carboxylic acids is 2. The van der Waals surface area contributed by atoms with Crippen molar-refractivity contribution in [3.63, 3.8) is 0 Å². The SMILES string of the molecule is CCC(C)c1ccc(N2C(=O)S/C(=C/c3ccc(OCCC(=O)O)c(OC)c3)C2=O)cc1. The van der Waals surface area contributed by atoms with Crippen molar-refractivity contribution in [2.75, 3.05) is 18.6 Å². The number of carboxylic acids is 1. The van der Waals surface area contributed by atoms with Gasteiger partial charge in [-0.25, -0.2) is 4.90 Å². The van der Waals surface area contributed by atoms with Gasteiger partial charge in [0.2, 0.25) is 0 Å². The smallest absolute Gasteiger partial charge is 0.306 e. The minimum atomic E-state index is -0.953. The van der Waals surface area contributed by atoms with E-state index in [0.29, 0.717) is 33.6 Å². The molecule has 1 fully saturated rings. The lowest BCUT2D eigenvalue weighted by Crippen LogP contribution is -2.27. The highest BCUT2D eigenvalue weighted by Crippen LogP contribution is 2.37. The first kappa shape index (κ1) is 23.4. The number of hydrogen-bond donors (Lipinski definition) is 1. The minimum Gasteiger partial charge on any atom is -0.493 e. The molecule has 0 aromatic heterocycles. The van der Waals surface area contributed by atoms with Crippen molar-refractivity contribution in [1.82, 2.24) is 0 Å². The van der Waals surface area contributed by atoms with Crippen molar-refractivity contribution in [2.45, 2.75) is 32.6 Å². The Bertz CT molecular complexity index is 1050. The van der Waals surface area contributed by atoms with Gasteiger partial charge in [-0.1, -0.05) is 32.0 Å². The molecule has 0 spiro atoms. The Morgan fingerprint density at radius 3 is 2.50 bits per heavy atom. The molecule has 0 aliphatic carbocycles. The van der Waals surface area contributed by atoms with Gasteiger partial charge >= 0.3 is 5.97 Å². The Labute approximate surface area is 191 Å². The van der Waals surface area contributed by atoms with Gasteiger partial charge in [0.05, 0.1) is 30.7 Å². The Morgan fingerprint density at radius 2 is 1.88 bits per heavy atom. The van der Waals surface area contributed by atoms with Crippen LogP contribution in [-0.4, -0.2) is 35.9 Å². The molecular weight excluding hydrogens is 430 g/mol. The van der Waals surface area contributed by atoms with Crippen molar-refractivity contribution < 1.29 is 29.0 Å². The molecule has 1 aliphatic rings. The van der Waals surface area contributed by atoms with Crippen LogP contribution < -0.4 is 14.4 Å². The van der Waals surface area contributed by atoms with Gasteiger partial charge in [-0.2, -0.15) is 0 Å². The molecule has 2 aromatic rings. The second kappa shape index (κ2) is 10.4. The van der Waals surface area contributed by atoms with Crippen LogP contribution in [0.15, 0.2) is 47.4 Å². The third-order valence-electron chi connectivity index (χ3n) is 5.19. The highest BCUT2D eigenvalue weighted by atomic mass is 32.2. The summed E-state index contributed by atoms with van der Waals surface area (Å²) in [6.07, 6.45) is 2.51. The summed E-state index contributed by atoms with van der Waals surface area (Å²) in [5, 5.41) is 8.39. The first-order valence-corrected chi connectivity index (χ1v) is 11.1. The van der Waals surface area contributed by atoms with E-state index in [1.54, 1.807) is 36.4 Å². The molecule has 1 unspecified atom stereocenters. The summed E-state index contributed by atoms with van der Waals surface area (Å²) >= 11 is 0.882. The van der Waals surface area contributed by atoms with E-state index in [9.17, 15) is 14.4 Å². The van der Waals surface area contributed by atoms with E-state index in [4.69, 9.17) is 14.6 Å². The molecule has 1 saturated heterocycles. The Balaban J connectivity index is 1.78. The lowest BCUT2D eigenvalue weighted by Gasteiger charge is -2.15. The predicted octanol–water partition coefficient (Wildman–Crippen LogP) is 5.30. The van der Waals surface area contributed by atoms with Gasteiger partial charge in [-0.15, -0.1) is 0 Å². The van der Waals surface area contributed by atoms with E-state index in [2.05, 4.69) is 13.8 Å². The zero-order valence-corrected chi connectivity index (χ0v) is 19.0. The number of rotatable bonds is 9. The van der Waals surface area contributed by atoms with E-state index in [-0.39, 0.29) is 24.2 Å². The average Bonchev–Trinajstić information content (AvgIpc) is 3.06. The number of amides is 2. The van der Waals surface area contributed by atoms with Gasteiger partial charge in [0.15, 0.2) is 11.5 Å². The van der Waals surface area contributed by atoms with Crippen LogP contribution in [0.3, 0.4) is 0 Å². The van der Waals surface area contributed by atoms with Crippen LogP contribution in [0.5, 0.6) is 11.5 Å². The van der Waals surface area contributed by atoms with Gasteiger partial charge in [-0.3, -0.25) is 14.4 Å². The number of anilines is 1. The van der Waals surface area contributed by atoms with Crippen molar-refractivity contribution in [3.8, 4) is 11.5 Å². The Morgan fingerprint density at radius 1 is 1.16 bits per heavy atom. The summed E-state index contributed by atoms with van der Waals surface area (Å²) in [6.45, 7) is 4.26. The molecule has 2 aromatic carbocycles. The van der Waals surface area contributed by atoms with E-state index in [0.717, 1.165) is 23.7 Å².